The number of hydrogen-bond donors (Lipinski definition) is 0. The van der Waals surface area contributed by atoms with Crippen molar-refractivity contribution in [3.05, 3.63) is 58.7 Å². The van der Waals surface area contributed by atoms with Gasteiger partial charge in [0.2, 0.25) is 5.91 Å². The van der Waals surface area contributed by atoms with E-state index >= 15 is 0 Å². The minimum absolute atomic E-state index is 0.131. The van der Waals surface area contributed by atoms with E-state index in [1.165, 1.54) is 17.2 Å². The molecule has 3 rings (SSSR count). The number of amides is 1. The van der Waals surface area contributed by atoms with Crippen molar-refractivity contribution < 1.29 is 18.0 Å². The van der Waals surface area contributed by atoms with Crippen LogP contribution in [0.1, 0.15) is 11.1 Å². The van der Waals surface area contributed by atoms with Gasteiger partial charge in [-0.15, -0.1) is 0 Å². The highest BCUT2D eigenvalue weighted by atomic mass is 35.5. The molecule has 1 amide bonds. The minimum atomic E-state index is -4.51. The molecule has 0 N–H and O–H groups in total. The third-order valence-electron chi connectivity index (χ3n) is 4.00. The van der Waals surface area contributed by atoms with Crippen molar-refractivity contribution in [2.24, 2.45) is 0 Å². The molecule has 1 fully saturated rings. The zero-order valence-electron chi connectivity index (χ0n) is 13.1. The molecule has 4 nitrogen and oxygen atoms in total. The van der Waals surface area contributed by atoms with Gasteiger partial charge >= 0.3 is 6.18 Å². The number of carbonyl (C=O) groups excluding carboxylic acids is 1. The third kappa shape index (κ3) is 4.04. The van der Waals surface area contributed by atoms with Crippen LogP contribution in [0.4, 0.5) is 19.0 Å². The van der Waals surface area contributed by atoms with Crippen LogP contribution >= 0.6 is 11.6 Å². The number of piperazine rings is 1. The van der Waals surface area contributed by atoms with Crippen LogP contribution in [0.25, 0.3) is 0 Å². The van der Waals surface area contributed by atoms with E-state index in [0.29, 0.717) is 24.7 Å². The number of nitrogens with zero attached hydrogens (tertiary/aromatic N) is 3. The Kier molecular flexibility index (Phi) is 4.85. The Bertz CT molecular complexity index is 764. The monoisotopic (exact) mass is 369 g/mol. The summed E-state index contributed by atoms with van der Waals surface area (Å²) in [5.74, 6) is -0.436. The van der Waals surface area contributed by atoms with E-state index in [9.17, 15) is 18.0 Å². The molecule has 2 heterocycles. The highest BCUT2D eigenvalue weighted by Crippen LogP contribution is 2.35. The van der Waals surface area contributed by atoms with E-state index < -0.39 is 11.7 Å². The molecule has 1 aliphatic heterocycles. The van der Waals surface area contributed by atoms with Gasteiger partial charge in [0.15, 0.2) is 0 Å². The maximum absolute atomic E-state index is 13.1. The fraction of sp³-hybridized carbons (Fsp3) is 0.294. The van der Waals surface area contributed by atoms with Crippen LogP contribution in [0.3, 0.4) is 0 Å². The second kappa shape index (κ2) is 6.92. The Morgan fingerprint density at radius 1 is 1.12 bits per heavy atom. The molecule has 0 radical (unpaired) electrons. The van der Waals surface area contributed by atoms with Gasteiger partial charge in [-0.3, -0.25) is 4.79 Å². The van der Waals surface area contributed by atoms with Crippen molar-refractivity contribution >= 4 is 23.3 Å². The van der Waals surface area contributed by atoms with Crippen molar-refractivity contribution in [1.29, 1.82) is 0 Å². The van der Waals surface area contributed by atoms with Crippen molar-refractivity contribution in [2.45, 2.75) is 12.7 Å². The number of aromatic nitrogens is 1. The molecule has 25 heavy (non-hydrogen) atoms. The number of anilines is 1. The highest BCUT2D eigenvalue weighted by molar-refractivity contribution is 6.30. The van der Waals surface area contributed by atoms with Crippen LogP contribution in [0.2, 0.25) is 5.02 Å². The molecule has 1 aromatic carbocycles. The van der Waals surface area contributed by atoms with Gasteiger partial charge in [0, 0.05) is 30.9 Å². The Balaban J connectivity index is 1.72. The van der Waals surface area contributed by atoms with Gasteiger partial charge in [-0.25, -0.2) is 4.98 Å². The summed E-state index contributed by atoms with van der Waals surface area (Å²) in [5, 5.41) is 0.606. The Morgan fingerprint density at radius 2 is 1.84 bits per heavy atom. The number of pyridine rings is 1. The Morgan fingerprint density at radius 3 is 2.48 bits per heavy atom. The zero-order valence-corrected chi connectivity index (χ0v) is 13.9. The van der Waals surface area contributed by atoms with Gasteiger partial charge in [-0.1, -0.05) is 23.7 Å². The van der Waals surface area contributed by atoms with E-state index in [0.717, 1.165) is 11.6 Å². The van der Waals surface area contributed by atoms with E-state index in [1.54, 1.807) is 17.0 Å². The SMILES string of the molecule is O=C1CN(c2ncccc2C(F)(F)F)CCN1Cc1ccc(Cl)cc1. The molecule has 1 aromatic heterocycles. The molecule has 1 aliphatic rings. The number of rotatable bonds is 3. The van der Waals surface area contributed by atoms with Gasteiger partial charge < -0.3 is 9.80 Å². The smallest absolute Gasteiger partial charge is 0.345 e. The lowest BCUT2D eigenvalue weighted by Crippen LogP contribution is -2.50. The van der Waals surface area contributed by atoms with E-state index in [1.807, 2.05) is 12.1 Å². The molecule has 0 saturated carbocycles. The molecule has 0 bridgehead atoms. The van der Waals surface area contributed by atoms with Crippen LogP contribution < -0.4 is 4.90 Å². The Hall–Kier alpha value is -2.28. The van der Waals surface area contributed by atoms with E-state index in [4.69, 9.17) is 11.6 Å². The predicted molar refractivity (Wildman–Crippen MR) is 88.3 cm³/mol. The first-order valence-electron chi connectivity index (χ1n) is 7.64. The first-order valence-corrected chi connectivity index (χ1v) is 8.02. The van der Waals surface area contributed by atoms with Gasteiger partial charge in [-0.05, 0) is 29.8 Å². The summed E-state index contributed by atoms with van der Waals surface area (Å²) in [6, 6.07) is 9.34. The summed E-state index contributed by atoms with van der Waals surface area (Å²) < 4.78 is 39.4. The molecule has 0 unspecified atom stereocenters. The number of hydrogen-bond acceptors (Lipinski definition) is 3. The Labute approximate surface area is 147 Å². The molecular formula is C17H15ClF3N3O. The summed E-state index contributed by atoms with van der Waals surface area (Å²) in [5.41, 5.74) is 0.0916. The quantitative estimate of drug-likeness (QED) is 0.829. The topological polar surface area (TPSA) is 36.4 Å². The van der Waals surface area contributed by atoms with Gasteiger partial charge in [0.1, 0.15) is 5.82 Å². The molecule has 2 aromatic rings. The maximum atomic E-state index is 13.1. The molecule has 0 aliphatic carbocycles. The van der Waals surface area contributed by atoms with Crippen LogP contribution in [-0.2, 0) is 17.5 Å². The second-order valence-electron chi connectivity index (χ2n) is 5.74. The number of halogens is 4. The molecular weight excluding hydrogens is 355 g/mol. The molecule has 132 valence electrons. The number of benzene rings is 1. The lowest BCUT2D eigenvalue weighted by molar-refractivity contribution is -0.138. The van der Waals surface area contributed by atoms with Crippen LogP contribution in [0.5, 0.6) is 0 Å². The normalized spacial score (nSPS) is 15.6. The summed E-state index contributed by atoms with van der Waals surface area (Å²) in [4.78, 5) is 19.2. The minimum Gasteiger partial charge on any atom is -0.345 e. The average molecular weight is 370 g/mol. The predicted octanol–water partition coefficient (Wildman–Crippen LogP) is 3.60. The number of alkyl halides is 3. The fourth-order valence-electron chi connectivity index (χ4n) is 2.74. The first kappa shape index (κ1) is 17.5. The van der Waals surface area contributed by atoms with Crippen LogP contribution in [0, 0.1) is 0 Å². The summed E-state index contributed by atoms with van der Waals surface area (Å²) in [6.07, 6.45) is -3.21. The first-order chi connectivity index (χ1) is 11.8. The summed E-state index contributed by atoms with van der Waals surface area (Å²) in [7, 11) is 0. The van der Waals surface area contributed by atoms with Crippen LogP contribution in [0.15, 0.2) is 42.6 Å². The maximum Gasteiger partial charge on any atom is 0.419 e. The van der Waals surface area contributed by atoms with E-state index in [2.05, 4.69) is 4.98 Å². The fourth-order valence-corrected chi connectivity index (χ4v) is 2.86. The van der Waals surface area contributed by atoms with Gasteiger partial charge in [-0.2, -0.15) is 13.2 Å². The highest BCUT2D eigenvalue weighted by Gasteiger charge is 2.37. The van der Waals surface area contributed by atoms with E-state index in [-0.39, 0.29) is 18.3 Å². The van der Waals surface area contributed by atoms with Crippen molar-refractivity contribution in [3.63, 3.8) is 0 Å². The number of carbonyl (C=O) groups is 1. The van der Waals surface area contributed by atoms with Crippen molar-refractivity contribution in [2.75, 3.05) is 24.5 Å². The standard InChI is InChI=1S/C17H15ClF3N3O/c18-13-5-3-12(4-6-13)10-23-8-9-24(11-15(23)25)16-14(17(19,20)21)2-1-7-22-16/h1-7H,8-11H2. The third-order valence-corrected chi connectivity index (χ3v) is 4.25. The lowest BCUT2D eigenvalue weighted by atomic mass is 10.1. The van der Waals surface area contributed by atoms with Gasteiger partial charge in [0.25, 0.3) is 0 Å². The second-order valence-corrected chi connectivity index (χ2v) is 6.17. The zero-order chi connectivity index (χ0) is 18.0. The molecule has 1 saturated heterocycles. The summed E-state index contributed by atoms with van der Waals surface area (Å²) >= 11 is 5.84. The lowest BCUT2D eigenvalue weighted by Gasteiger charge is -2.36. The largest absolute Gasteiger partial charge is 0.419 e. The van der Waals surface area contributed by atoms with Gasteiger partial charge in [0.05, 0.1) is 12.1 Å². The van der Waals surface area contributed by atoms with Crippen LogP contribution in [-0.4, -0.2) is 35.4 Å². The molecule has 0 atom stereocenters. The van der Waals surface area contributed by atoms with Crippen molar-refractivity contribution in [1.82, 2.24) is 9.88 Å². The van der Waals surface area contributed by atoms with Crippen molar-refractivity contribution in [3.8, 4) is 0 Å². The average Bonchev–Trinajstić information content (AvgIpc) is 2.58. The summed E-state index contributed by atoms with van der Waals surface area (Å²) in [6.45, 7) is 0.890. The molecule has 8 heteroatoms. The molecule has 0 spiro atoms.